The Labute approximate surface area is 158 Å². The number of nitrogens with one attached hydrogen (secondary N) is 1. The molecule has 2 aromatic rings. The fraction of sp³-hybridized carbons (Fsp3) is 0.200. The van der Waals surface area contributed by atoms with E-state index in [4.69, 9.17) is 23.2 Å². The van der Waals surface area contributed by atoms with Crippen LogP contribution in [-0.4, -0.2) is 25.1 Å². The Morgan fingerprint density at radius 3 is 2.20 bits per heavy atom. The summed E-state index contributed by atoms with van der Waals surface area (Å²) in [6.45, 7) is 0.177. The predicted molar refractivity (Wildman–Crippen MR) is 96.4 cm³/mol. The summed E-state index contributed by atoms with van der Waals surface area (Å²) in [6, 6.07) is 7.70. The summed E-state index contributed by atoms with van der Waals surface area (Å²) >= 11 is 12.6. The van der Waals surface area contributed by atoms with Gasteiger partial charge in [0.05, 0.1) is 10.9 Å². The number of nitrogens with zero attached hydrogens (tertiary/aromatic N) is 1. The molecular formula is C15H12Cl2N2O4S2. The number of likely N-dealkylation sites (tertiary alicyclic amines) is 1. The third kappa shape index (κ3) is 3.98. The van der Waals surface area contributed by atoms with Gasteiger partial charge in [0.15, 0.2) is 0 Å². The zero-order valence-corrected chi connectivity index (χ0v) is 15.8. The van der Waals surface area contributed by atoms with E-state index in [9.17, 15) is 18.0 Å². The normalized spacial score (nSPS) is 15.0. The molecule has 0 unspecified atom stereocenters. The molecule has 10 heteroatoms. The van der Waals surface area contributed by atoms with Crippen LogP contribution in [0.15, 0.2) is 35.2 Å². The maximum Gasteiger partial charge on any atom is 0.264 e. The number of halogens is 2. The molecule has 1 fully saturated rings. The van der Waals surface area contributed by atoms with Gasteiger partial charge in [-0.1, -0.05) is 35.3 Å². The highest BCUT2D eigenvalue weighted by molar-refractivity contribution is 7.93. The van der Waals surface area contributed by atoms with Crippen LogP contribution in [0.5, 0.6) is 0 Å². The van der Waals surface area contributed by atoms with Crippen LogP contribution < -0.4 is 4.72 Å². The molecule has 6 nitrogen and oxygen atoms in total. The van der Waals surface area contributed by atoms with Gasteiger partial charge in [0.1, 0.15) is 9.23 Å². The Kier molecular flexibility index (Phi) is 5.06. The Morgan fingerprint density at radius 2 is 1.68 bits per heavy atom. The fourth-order valence-corrected chi connectivity index (χ4v) is 5.59. The van der Waals surface area contributed by atoms with E-state index in [0.717, 1.165) is 16.9 Å². The first-order valence-electron chi connectivity index (χ1n) is 7.16. The molecule has 3 rings (SSSR count). The Bertz CT molecular complexity index is 923. The number of imide groups is 1. The summed E-state index contributed by atoms with van der Waals surface area (Å²) < 4.78 is 27.5. The minimum Gasteiger partial charge on any atom is -0.280 e. The number of hydrogen-bond donors (Lipinski definition) is 1. The number of rotatable bonds is 5. The maximum atomic E-state index is 12.3. The highest BCUT2D eigenvalue weighted by atomic mass is 35.5. The number of carbonyl (C=O) groups excluding carboxylic acids is 2. The zero-order valence-electron chi connectivity index (χ0n) is 12.7. The standard InChI is InChI=1S/C15H12Cl2N2O4S2/c16-12-7-11(15(17)24-12)25(22,23)18-10-3-1-9(2-4-10)8-19-13(20)5-6-14(19)21/h1-4,7,18H,5-6,8H2. The largest absolute Gasteiger partial charge is 0.280 e. The van der Waals surface area contributed by atoms with E-state index in [-0.39, 0.29) is 44.8 Å². The molecule has 1 aromatic heterocycles. The second kappa shape index (κ2) is 6.95. The third-order valence-corrected chi connectivity index (χ3v) is 6.75. The number of carbonyl (C=O) groups is 2. The predicted octanol–water partition coefficient (Wildman–Crippen LogP) is 3.50. The molecule has 0 spiro atoms. The first-order valence-corrected chi connectivity index (χ1v) is 10.2. The van der Waals surface area contributed by atoms with E-state index >= 15 is 0 Å². The molecule has 132 valence electrons. The van der Waals surface area contributed by atoms with Crippen LogP contribution in [0, 0.1) is 0 Å². The summed E-state index contributed by atoms with van der Waals surface area (Å²) in [5.74, 6) is -0.391. The molecule has 1 N–H and O–H groups in total. The second-order valence-electron chi connectivity index (χ2n) is 5.36. The highest BCUT2D eigenvalue weighted by Gasteiger charge is 2.28. The van der Waals surface area contributed by atoms with Gasteiger partial charge in [-0.3, -0.25) is 19.2 Å². The molecule has 0 aliphatic carbocycles. The molecule has 0 bridgehead atoms. The molecule has 1 aromatic carbocycles. The van der Waals surface area contributed by atoms with E-state index in [2.05, 4.69) is 4.72 Å². The summed E-state index contributed by atoms with van der Waals surface area (Å²) in [5, 5.41) is 0. The average molecular weight is 419 g/mol. The van der Waals surface area contributed by atoms with E-state index in [1.165, 1.54) is 11.0 Å². The monoisotopic (exact) mass is 418 g/mol. The lowest BCUT2D eigenvalue weighted by Gasteiger charge is -2.14. The van der Waals surface area contributed by atoms with Gasteiger partial charge in [-0.05, 0) is 23.8 Å². The minimum atomic E-state index is -3.85. The van der Waals surface area contributed by atoms with Crippen molar-refractivity contribution in [1.29, 1.82) is 0 Å². The van der Waals surface area contributed by atoms with Crippen molar-refractivity contribution >= 4 is 62.1 Å². The first kappa shape index (κ1) is 18.2. The van der Waals surface area contributed by atoms with Crippen LogP contribution in [0.1, 0.15) is 18.4 Å². The first-order chi connectivity index (χ1) is 11.8. The Hall–Kier alpha value is -1.61. The molecule has 1 aliphatic rings. The summed E-state index contributed by atoms with van der Waals surface area (Å²) in [6.07, 6.45) is 0.474. The molecule has 1 aliphatic heterocycles. The van der Waals surface area contributed by atoms with Crippen molar-refractivity contribution in [3.63, 3.8) is 0 Å². The van der Waals surface area contributed by atoms with E-state index in [0.29, 0.717) is 5.69 Å². The SMILES string of the molecule is O=C1CCC(=O)N1Cc1ccc(NS(=O)(=O)c2cc(Cl)sc2Cl)cc1. The van der Waals surface area contributed by atoms with Crippen LogP contribution in [0.3, 0.4) is 0 Å². The second-order valence-corrected chi connectivity index (χ2v) is 9.30. The number of hydrogen-bond acceptors (Lipinski definition) is 5. The van der Waals surface area contributed by atoms with Gasteiger partial charge in [-0.25, -0.2) is 8.42 Å². The number of thiophene rings is 1. The van der Waals surface area contributed by atoms with Gasteiger partial charge in [0, 0.05) is 18.5 Å². The van der Waals surface area contributed by atoms with E-state index < -0.39 is 10.0 Å². The number of benzene rings is 1. The van der Waals surface area contributed by atoms with E-state index in [1.807, 2.05) is 0 Å². The van der Waals surface area contributed by atoms with Crippen molar-refractivity contribution in [2.24, 2.45) is 0 Å². The summed E-state index contributed by atoms with van der Waals surface area (Å²) in [7, 11) is -3.85. The Morgan fingerprint density at radius 1 is 1.08 bits per heavy atom. The summed E-state index contributed by atoms with van der Waals surface area (Å²) in [4.78, 5) is 24.4. The van der Waals surface area contributed by atoms with Crippen LogP contribution in [0.2, 0.25) is 8.67 Å². The van der Waals surface area contributed by atoms with Gasteiger partial charge < -0.3 is 0 Å². The molecule has 1 saturated heterocycles. The molecular weight excluding hydrogens is 407 g/mol. The summed E-state index contributed by atoms with van der Waals surface area (Å²) in [5.41, 5.74) is 1.06. The lowest BCUT2D eigenvalue weighted by atomic mass is 10.2. The fourth-order valence-electron chi connectivity index (χ4n) is 2.38. The van der Waals surface area contributed by atoms with Crippen molar-refractivity contribution in [2.75, 3.05) is 4.72 Å². The van der Waals surface area contributed by atoms with Crippen LogP contribution in [-0.2, 0) is 26.2 Å². The van der Waals surface area contributed by atoms with Crippen molar-refractivity contribution in [2.45, 2.75) is 24.3 Å². The third-order valence-electron chi connectivity index (χ3n) is 3.62. The quantitative estimate of drug-likeness (QED) is 0.752. The number of anilines is 1. The van der Waals surface area contributed by atoms with Crippen LogP contribution >= 0.6 is 34.5 Å². The molecule has 25 heavy (non-hydrogen) atoms. The average Bonchev–Trinajstić information content (AvgIpc) is 3.05. The van der Waals surface area contributed by atoms with Crippen LogP contribution in [0.4, 0.5) is 5.69 Å². The number of sulfonamides is 1. The highest BCUT2D eigenvalue weighted by Crippen LogP contribution is 2.35. The smallest absolute Gasteiger partial charge is 0.264 e. The van der Waals surface area contributed by atoms with Crippen molar-refractivity contribution < 1.29 is 18.0 Å². The molecule has 0 radical (unpaired) electrons. The van der Waals surface area contributed by atoms with Gasteiger partial charge >= 0.3 is 0 Å². The topological polar surface area (TPSA) is 83.6 Å². The molecule has 2 heterocycles. The lowest BCUT2D eigenvalue weighted by Crippen LogP contribution is -2.28. The lowest BCUT2D eigenvalue weighted by molar-refractivity contribution is -0.139. The maximum absolute atomic E-state index is 12.3. The van der Waals surface area contributed by atoms with Crippen molar-refractivity contribution in [3.8, 4) is 0 Å². The van der Waals surface area contributed by atoms with Gasteiger partial charge in [-0.2, -0.15) is 0 Å². The van der Waals surface area contributed by atoms with Gasteiger partial charge in [0.2, 0.25) is 11.8 Å². The van der Waals surface area contributed by atoms with Gasteiger partial charge in [0.25, 0.3) is 10.0 Å². The number of amides is 2. The molecule has 0 atom stereocenters. The van der Waals surface area contributed by atoms with Crippen molar-refractivity contribution in [1.82, 2.24) is 4.90 Å². The molecule has 0 saturated carbocycles. The van der Waals surface area contributed by atoms with Gasteiger partial charge in [-0.15, -0.1) is 11.3 Å². The zero-order chi connectivity index (χ0) is 18.2. The minimum absolute atomic E-state index is 0.0819. The van der Waals surface area contributed by atoms with Crippen LogP contribution in [0.25, 0.3) is 0 Å². The van der Waals surface area contributed by atoms with Crippen molar-refractivity contribution in [3.05, 3.63) is 44.6 Å². The Balaban J connectivity index is 1.73. The molecule has 2 amide bonds. The van der Waals surface area contributed by atoms with E-state index in [1.54, 1.807) is 24.3 Å².